The highest BCUT2D eigenvalue weighted by molar-refractivity contribution is 5.93. The molecule has 1 aromatic carbocycles. The maximum Gasteiger partial charge on any atom is 0.317 e. The minimum atomic E-state index is -0.629. The summed E-state index contributed by atoms with van der Waals surface area (Å²) < 4.78 is 0. The maximum absolute atomic E-state index is 11.0. The number of hydrogen-bond donors (Lipinski definition) is 3. The number of nitrogens with zero attached hydrogens (tertiary/aromatic N) is 1. The first-order chi connectivity index (χ1) is 9.24. The number of nitrogens with one attached hydrogen (secondary N) is 2. The van der Waals surface area contributed by atoms with E-state index in [0.29, 0.717) is 5.82 Å². The Morgan fingerprint density at radius 3 is 2.84 bits per heavy atom. The molecule has 0 spiro atoms. The van der Waals surface area contributed by atoms with Gasteiger partial charge in [0.05, 0.1) is 5.69 Å². The van der Waals surface area contributed by atoms with Crippen LogP contribution in [0.5, 0.6) is 0 Å². The molecule has 0 radical (unpaired) electrons. The Bertz CT molecular complexity index is 715. The molecule has 0 atom stereocenters. The number of benzene rings is 1. The number of amides is 2. The number of carbonyl (C=O) groups is 1. The first-order valence-corrected chi connectivity index (χ1v) is 5.83. The van der Waals surface area contributed by atoms with E-state index in [2.05, 4.69) is 15.3 Å². The lowest BCUT2D eigenvalue weighted by Crippen LogP contribution is -2.20. The standard InChI is InChI=1S/C14H12N4O/c15-14(19)18-13-10(5-3-7-16-13)12-8-9-4-1-2-6-11(9)17-12/h1-8,17H,(H3,15,16,18,19). The van der Waals surface area contributed by atoms with Gasteiger partial charge in [0, 0.05) is 22.7 Å². The lowest BCUT2D eigenvalue weighted by molar-refractivity contribution is 0.259. The van der Waals surface area contributed by atoms with Gasteiger partial charge in [0.1, 0.15) is 5.82 Å². The second kappa shape index (κ2) is 4.45. The van der Waals surface area contributed by atoms with Gasteiger partial charge < -0.3 is 10.7 Å². The number of primary amides is 1. The minimum Gasteiger partial charge on any atom is -0.354 e. The number of hydrogen-bond acceptors (Lipinski definition) is 2. The average molecular weight is 252 g/mol. The van der Waals surface area contributed by atoms with Gasteiger partial charge in [-0.2, -0.15) is 0 Å². The largest absolute Gasteiger partial charge is 0.354 e. The van der Waals surface area contributed by atoms with E-state index in [4.69, 9.17) is 5.73 Å². The number of anilines is 1. The van der Waals surface area contributed by atoms with Crippen LogP contribution in [0.4, 0.5) is 10.6 Å². The number of para-hydroxylation sites is 1. The summed E-state index contributed by atoms with van der Waals surface area (Å²) in [5.74, 6) is 0.446. The molecule has 4 N–H and O–H groups in total. The highest BCUT2D eigenvalue weighted by atomic mass is 16.2. The van der Waals surface area contributed by atoms with Crippen molar-refractivity contribution in [3.63, 3.8) is 0 Å². The number of urea groups is 1. The Hall–Kier alpha value is -2.82. The molecule has 19 heavy (non-hydrogen) atoms. The lowest BCUT2D eigenvalue weighted by atomic mass is 10.2. The summed E-state index contributed by atoms with van der Waals surface area (Å²) in [5.41, 5.74) is 7.87. The van der Waals surface area contributed by atoms with Crippen molar-refractivity contribution < 1.29 is 4.79 Å². The molecule has 0 aliphatic heterocycles. The van der Waals surface area contributed by atoms with Gasteiger partial charge in [-0.1, -0.05) is 18.2 Å². The topological polar surface area (TPSA) is 83.8 Å². The molecule has 3 aromatic rings. The molecule has 5 heteroatoms. The number of aromatic amines is 1. The van der Waals surface area contributed by atoms with Crippen molar-refractivity contribution in [3.05, 3.63) is 48.7 Å². The molecule has 0 saturated heterocycles. The first-order valence-electron chi connectivity index (χ1n) is 5.83. The zero-order valence-electron chi connectivity index (χ0n) is 10.1. The Labute approximate surface area is 109 Å². The van der Waals surface area contributed by atoms with Crippen LogP contribution in [0, 0.1) is 0 Å². The summed E-state index contributed by atoms with van der Waals surface area (Å²) in [7, 11) is 0. The van der Waals surface area contributed by atoms with Crippen molar-refractivity contribution in [2.75, 3.05) is 5.32 Å². The fourth-order valence-electron chi connectivity index (χ4n) is 2.06. The van der Waals surface area contributed by atoms with Gasteiger partial charge in [-0.05, 0) is 24.3 Å². The molecule has 94 valence electrons. The second-order valence-electron chi connectivity index (χ2n) is 4.16. The molecule has 2 amide bonds. The highest BCUT2D eigenvalue weighted by Gasteiger charge is 2.09. The zero-order valence-corrected chi connectivity index (χ0v) is 10.1. The number of nitrogens with two attached hydrogens (primary N) is 1. The van der Waals surface area contributed by atoms with Crippen LogP contribution >= 0.6 is 0 Å². The van der Waals surface area contributed by atoms with Crippen LogP contribution in [-0.4, -0.2) is 16.0 Å². The van der Waals surface area contributed by atoms with Crippen molar-refractivity contribution in [2.45, 2.75) is 0 Å². The molecular formula is C14H12N4O. The molecular weight excluding hydrogens is 240 g/mol. The van der Waals surface area contributed by atoms with Gasteiger partial charge in [-0.25, -0.2) is 9.78 Å². The van der Waals surface area contributed by atoms with E-state index in [1.807, 2.05) is 42.5 Å². The number of aromatic nitrogens is 2. The molecule has 0 unspecified atom stereocenters. The molecule has 3 rings (SSSR count). The molecule has 0 fully saturated rings. The van der Waals surface area contributed by atoms with Crippen LogP contribution in [0.2, 0.25) is 0 Å². The number of pyridine rings is 1. The number of rotatable bonds is 2. The van der Waals surface area contributed by atoms with E-state index in [-0.39, 0.29) is 0 Å². The molecule has 0 aliphatic rings. The third-order valence-corrected chi connectivity index (χ3v) is 2.87. The van der Waals surface area contributed by atoms with E-state index in [0.717, 1.165) is 22.2 Å². The van der Waals surface area contributed by atoms with Gasteiger partial charge in [0.25, 0.3) is 0 Å². The number of fused-ring (bicyclic) bond motifs is 1. The van der Waals surface area contributed by atoms with Gasteiger partial charge in [0.2, 0.25) is 0 Å². The predicted molar refractivity (Wildman–Crippen MR) is 74.7 cm³/mol. The summed E-state index contributed by atoms with van der Waals surface area (Å²) in [6.07, 6.45) is 1.61. The Balaban J connectivity index is 2.13. The lowest BCUT2D eigenvalue weighted by Gasteiger charge is -2.06. The fourth-order valence-corrected chi connectivity index (χ4v) is 2.06. The summed E-state index contributed by atoms with van der Waals surface area (Å²) in [6.45, 7) is 0. The monoisotopic (exact) mass is 252 g/mol. The normalized spacial score (nSPS) is 10.5. The smallest absolute Gasteiger partial charge is 0.317 e. The molecule has 2 aromatic heterocycles. The van der Waals surface area contributed by atoms with Gasteiger partial charge >= 0.3 is 6.03 Å². The molecule has 0 aliphatic carbocycles. The summed E-state index contributed by atoms with van der Waals surface area (Å²) in [4.78, 5) is 18.4. The van der Waals surface area contributed by atoms with E-state index in [9.17, 15) is 4.79 Å². The van der Waals surface area contributed by atoms with Crippen LogP contribution in [-0.2, 0) is 0 Å². The van der Waals surface area contributed by atoms with Crippen LogP contribution < -0.4 is 11.1 Å². The van der Waals surface area contributed by atoms with E-state index >= 15 is 0 Å². The second-order valence-corrected chi connectivity index (χ2v) is 4.16. The zero-order chi connectivity index (χ0) is 13.2. The third-order valence-electron chi connectivity index (χ3n) is 2.87. The predicted octanol–water partition coefficient (Wildman–Crippen LogP) is 2.72. The van der Waals surface area contributed by atoms with Crippen molar-refractivity contribution in [2.24, 2.45) is 5.73 Å². The molecule has 0 bridgehead atoms. The Morgan fingerprint density at radius 2 is 2.05 bits per heavy atom. The summed E-state index contributed by atoms with van der Waals surface area (Å²) in [5, 5.41) is 3.63. The van der Waals surface area contributed by atoms with Crippen LogP contribution in [0.25, 0.3) is 22.2 Å². The minimum absolute atomic E-state index is 0.446. The Morgan fingerprint density at radius 1 is 1.21 bits per heavy atom. The average Bonchev–Trinajstić information content (AvgIpc) is 2.82. The summed E-state index contributed by atoms with van der Waals surface area (Å²) in [6, 6.07) is 13.0. The third kappa shape index (κ3) is 2.13. The van der Waals surface area contributed by atoms with Crippen LogP contribution in [0.15, 0.2) is 48.7 Å². The molecule has 2 heterocycles. The quantitative estimate of drug-likeness (QED) is 0.655. The van der Waals surface area contributed by atoms with E-state index in [1.165, 1.54) is 0 Å². The van der Waals surface area contributed by atoms with Crippen molar-refractivity contribution in [3.8, 4) is 11.3 Å². The van der Waals surface area contributed by atoms with E-state index < -0.39 is 6.03 Å². The van der Waals surface area contributed by atoms with Crippen molar-refractivity contribution >= 4 is 22.8 Å². The molecule has 5 nitrogen and oxygen atoms in total. The fraction of sp³-hybridized carbons (Fsp3) is 0. The summed E-state index contributed by atoms with van der Waals surface area (Å²) >= 11 is 0. The molecule has 0 saturated carbocycles. The van der Waals surface area contributed by atoms with Gasteiger partial charge in [0.15, 0.2) is 0 Å². The number of carbonyl (C=O) groups excluding carboxylic acids is 1. The number of H-pyrrole nitrogens is 1. The SMILES string of the molecule is NC(=O)Nc1ncccc1-c1cc2ccccc2[nH]1. The van der Waals surface area contributed by atoms with Crippen molar-refractivity contribution in [1.29, 1.82) is 0 Å². The van der Waals surface area contributed by atoms with E-state index in [1.54, 1.807) is 6.20 Å². The van der Waals surface area contributed by atoms with Gasteiger partial charge in [-0.3, -0.25) is 5.32 Å². The first kappa shape index (κ1) is 11.3. The van der Waals surface area contributed by atoms with Crippen molar-refractivity contribution in [1.82, 2.24) is 9.97 Å². The van der Waals surface area contributed by atoms with Crippen LogP contribution in [0.3, 0.4) is 0 Å². The maximum atomic E-state index is 11.0. The highest BCUT2D eigenvalue weighted by Crippen LogP contribution is 2.28. The Kier molecular flexibility index (Phi) is 2.64. The van der Waals surface area contributed by atoms with Crippen LogP contribution in [0.1, 0.15) is 0 Å². The van der Waals surface area contributed by atoms with Gasteiger partial charge in [-0.15, -0.1) is 0 Å².